The molecule has 1 N–H and O–H groups in total. The molecule has 5 heteroatoms. The van der Waals surface area contributed by atoms with Gasteiger partial charge in [-0.3, -0.25) is 0 Å². The van der Waals surface area contributed by atoms with Crippen molar-refractivity contribution in [2.24, 2.45) is 0 Å². The van der Waals surface area contributed by atoms with Crippen LogP contribution in [-0.4, -0.2) is 66.9 Å². The van der Waals surface area contributed by atoms with E-state index in [2.05, 4.69) is 0 Å². The Hall–Kier alpha value is -0.810. The van der Waals surface area contributed by atoms with Gasteiger partial charge >= 0.3 is 6.03 Å². The van der Waals surface area contributed by atoms with Gasteiger partial charge in [0.25, 0.3) is 0 Å². The molecule has 2 atom stereocenters. The van der Waals surface area contributed by atoms with E-state index in [4.69, 9.17) is 9.84 Å². The first kappa shape index (κ1) is 11.3. The number of urea groups is 1. The first-order valence-corrected chi connectivity index (χ1v) is 4.77. The third-order valence-corrected chi connectivity index (χ3v) is 2.18. The number of carbonyl (C=O) groups excluding carboxylic acids is 1. The van der Waals surface area contributed by atoms with Crippen LogP contribution in [0, 0.1) is 0 Å². The highest BCUT2D eigenvalue weighted by Crippen LogP contribution is 2.11. The van der Waals surface area contributed by atoms with E-state index in [1.807, 2.05) is 6.92 Å². The molecular weight excluding hydrogens is 184 g/mol. The first-order chi connectivity index (χ1) is 6.54. The average Bonchev–Trinajstić information content (AvgIpc) is 2.15. The monoisotopic (exact) mass is 202 g/mol. The van der Waals surface area contributed by atoms with Crippen molar-refractivity contribution in [2.75, 3.05) is 33.8 Å². The lowest BCUT2D eigenvalue weighted by atomic mass is 10.2. The number of ether oxygens (including phenoxy) is 1. The van der Waals surface area contributed by atoms with E-state index in [9.17, 15) is 4.79 Å². The molecule has 1 aliphatic rings. The maximum absolute atomic E-state index is 11.6. The standard InChI is InChI=1S/C9H18N2O3/c1-7-4-11(9(13)10(2)3)5-8(6-12)14-7/h7-8,12H,4-6H2,1-3H3. The molecule has 0 radical (unpaired) electrons. The molecule has 1 heterocycles. The molecule has 0 aromatic rings. The predicted octanol–water partition coefficient (Wildman–Crippen LogP) is -0.250. The molecule has 0 aliphatic carbocycles. The molecule has 1 fully saturated rings. The molecule has 0 bridgehead atoms. The Morgan fingerprint density at radius 3 is 2.71 bits per heavy atom. The number of morpholine rings is 1. The zero-order chi connectivity index (χ0) is 10.7. The van der Waals surface area contributed by atoms with Crippen molar-refractivity contribution in [3.63, 3.8) is 0 Å². The Morgan fingerprint density at radius 1 is 1.57 bits per heavy atom. The lowest BCUT2D eigenvalue weighted by Crippen LogP contribution is -2.52. The number of aliphatic hydroxyl groups is 1. The predicted molar refractivity (Wildman–Crippen MR) is 52.1 cm³/mol. The third-order valence-electron chi connectivity index (χ3n) is 2.18. The second-order valence-corrected chi connectivity index (χ2v) is 3.83. The Kier molecular flexibility index (Phi) is 3.71. The van der Waals surface area contributed by atoms with E-state index >= 15 is 0 Å². The number of amides is 2. The van der Waals surface area contributed by atoms with E-state index in [-0.39, 0.29) is 24.8 Å². The highest BCUT2D eigenvalue weighted by atomic mass is 16.5. The Morgan fingerprint density at radius 2 is 2.21 bits per heavy atom. The van der Waals surface area contributed by atoms with E-state index < -0.39 is 0 Å². The number of carbonyl (C=O) groups is 1. The molecular formula is C9H18N2O3. The molecule has 1 aliphatic heterocycles. The second-order valence-electron chi connectivity index (χ2n) is 3.83. The maximum Gasteiger partial charge on any atom is 0.319 e. The van der Waals surface area contributed by atoms with Gasteiger partial charge in [0.2, 0.25) is 0 Å². The lowest BCUT2D eigenvalue weighted by Gasteiger charge is -2.37. The Bertz CT molecular complexity index is 208. The Balaban J connectivity index is 2.57. The molecule has 1 saturated heterocycles. The van der Waals surface area contributed by atoms with Crippen molar-refractivity contribution < 1.29 is 14.6 Å². The summed E-state index contributed by atoms with van der Waals surface area (Å²) in [6.07, 6.45) is -0.257. The number of rotatable bonds is 1. The molecule has 0 spiro atoms. The van der Waals surface area contributed by atoms with Crippen LogP contribution in [0.5, 0.6) is 0 Å². The van der Waals surface area contributed by atoms with Gasteiger partial charge in [-0.25, -0.2) is 4.79 Å². The molecule has 1 rings (SSSR count). The van der Waals surface area contributed by atoms with Crippen molar-refractivity contribution in [2.45, 2.75) is 19.1 Å². The van der Waals surface area contributed by atoms with Crippen molar-refractivity contribution in [1.82, 2.24) is 9.80 Å². The summed E-state index contributed by atoms with van der Waals surface area (Å²) >= 11 is 0. The normalized spacial score (nSPS) is 27.6. The first-order valence-electron chi connectivity index (χ1n) is 4.77. The molecule has 0 aromatic heterocycles. The van der Waals surface area contributed by atoms with E-state index in [1.165, 1.54) is 4.90 Å². The van der Waals surface area contributed by atoms with Crippen LogP contribution >= 0.6 is 0 Å². The summed E-state index contributed by atoms with van der Waals surface area (Å²) in [5, 5.41) is 8.97. The minimum Gasteiger partial charge on any atom is -0.394 e. The average molecular weight is 202 g/mol. The summed E-state index contributed by atoms with van der Waals surface area (Å²) in [4.78, 5) is 14.9. The SMILES string of the molecule is CC1CN(C(=O)N(C)C)CC(CO)O1. The molecule has 0 aromatic carbocycles. The van der Waals surface area contributed by atoms with Gasteiger partial charge in [-0.1, -0.05) is 0 Å². The van der Waals surface area contributed by atoms with Gasteiger partial charge in [0.15, 0.2) is 0 Å². The minimum atomic E-state index is -0.248. The van der Waals surface area contributed by atoms with Crippen molar-refractivity contribution in [1.29, 1.82) is 0 Å². The van der Waals surface area contributed by atoms with E-state index in [1.54, 1.807) is 19.0 Å². The minimum absolute atomic E-state index is 0.00944. The molecule has 5 nitrogen and oxygen atoms in total. The summed E-state index contributed by atoms with van der Waals surface area (Å²) in [5.74, 6) is 0. The van der Waals surface area contributed by atoms with Crippen LogP contribution in [0.1, 0.15) is 6.92 Å². The summed E-state index contributed by atoms with van der Waals surface area (Å²) in [6, 6.07) is -0.0291. The van der Waals surface area contributed by atoms with E-state index in [0.29, 0.717) is 13.1 Å². The highest BCUT2D eigenvalue weighted by Gasteiger charge is 2.28. The van der Waals surface area contributed by atoms with Crippen LogP contribution in [0.4, 0.5) is 4.79 Å². The van der Waals surface area contributed by atoms with Crippen LogP contribution in [0.3, 0.4) is 0 Å². The topological polar surface area (TPSA) is 53.0 Å². The molecule has 14 heavy (non-hydrogen) atoms. The quantitative estimate of drug-likeness (QED) is 0.638. The number of hydrogen-bond donors (Lipinski definition) is 1. The summed E-state index contributed by atoms with van der Waals surface area (Å²) in [5.41, 5.74) is 0. The summed E-state index contributed by atoms with van der Waals surface area (Å²) < 4.78 is 5.43. The highest BCUT2D eigenvalue weighted by molar-refractivity contribution is 5.74. The van der Waals surface area contributed by atoms with Gasteiger partial charge < -0.3 is 19.6 Å². The number of aliphatic hydroxyl groups excluding tert-OH is 1. The van der Waals surface area contributed by atoms with Crippen LogP contribution in [-0.2, 0) is 4.74 Å². The van der Waals surface area contributed by atoms with Gasteiger partial charge in [0.05, 0.1) is 25.4 Å². The fraction of sp³-hybridized carbons (Fsp3) is 0.889. The van der Waals surface area contributed by atoms with Crippen molar-refractivity contribution >= 4 is 6.03 Å². The zero-order valence-electron chi connectivity index (χ0n) is 8.93. The lowest BCUT2D eigenvalue weighted by molar-refractivity contribution is -0.0852. The zero-order valence-corrected chi connectivity index (χ0v) is 8.93. The van der Waals surface area contributed by atoms with Crippen molar-refractivity contribution in [3.8, 4) is 0 Å². The fourth-order valence-corrected chi connectivity index (χ4v) is 1.59. The van der Waals surface area contributed by atoms with Gasteiger partial charge in [-0.2, -0.15) is 0 Å². The number of hydrogen-bond acceptors (Lipinski definition) is 3. The van der Waals surface area contributed by atoms with Crippen LogP contribution < -0.4 is 0 Å². The fourth-order valence-electron chi connectivity index (χ4n) is 1.59. The second kappa shape index (κ2) is 4.61. The Labute approximate surface area is 84.2 Å². The van der Waals surface area contributed by atoms with Gasteiger partial charge in [-0.15, -0.1) is 0 Å². The molecule has 82 valence electrons. The van der Waals surface area contributed by atoms with Crippen LogP contribution in [0.25, 0.3) is 0 Å². The summed E-state index contributed by atoms with van der Waals surface area (Å²) in [6.45, 7) is 2.92. The summed E-state index contributed by atoms with van der Waals surface area (Å²) in [7, 11) is 3.44. The maximum atomic E-state index is 11.6. The van der Waals surface area contributed by atoms with Gasteiger partial charge in [-0.05, 0) is 6.92 Å². The number of nitrogens with zero attached hydrogens (tertiary/aromatic N) is 2. The molecule has 0 saturated carbocycles. The smallest absolute Gasteiger partial charge is 0.319 e. The van der Waals surface area contributed by atoms with Gasteiger partial charge in [0, 0.05) is 20.6 Å². The van der Waals surface area contributed by atoms with Crippen LogP contribution in [0.2, 0.25) is 0 Å². The van der Waals surface area contributed by atoms with E-state index in [0.717, 1.165) is 0 Å². The largest absolute Gasteiger partial charge is 0.394 e. The van der Waals surface area contributed by atoms with Crippen LogP contribution in [0.15, 0.2) is 0 Å². The molecule has 2 unspecified atom stereocenters. The third kappa shape index (κ3) is 2.59. The van der Waals surface area contributed by atoms with Gasteiger partial charge in [0.1, 0.15) is 0 Å². The molecule has 2 amide bonds. The van der Waals surface area contributed by atoms with Crippen molar-refractivity contribution in [3.05, 3.63) is 0 Å².